The lowest BCUT2D eigenvalue weighted by atomic mass is 10.2. The minimum atomic E-state index is -0.519. The third-order valence-electron chi connectivity index (χ3n) is 2.06. The predicted molar refractivity (Wildman–Crippen MR) is 49.9 cm³/mol. The molecule has 1 aromatic carbocycles. The molecule has 0 radical (unpaired) electrons. The summed E-state index contributed by atoms with van der Waals surface area (Å²) in [6, 6.07) is 5.65. The maximum Gasteiger partial charge on any atom is 0.651 e. The molecule has 0 N–H and O–H groups in total. The topological polar surface area (TPSA) is 43.3 Å². The first-order valence-electron chi connectivity index (χ1n) is 4.22. The molecule has 0 fully saturated rings. The summed E-state index contributed by atoms with van der Waals surface area (Å²) in [6.07, 6.45) is 1.61. The number of aromatic nitrogens is 1. The maximum atomic E-state index is 11.3. The molecule has 0 bridgehead atoms. The molecule has 4 nitrogen and oxygen atoms in total. The van der Waals surface area contributed by atoms with Gasteiger partial charge in [0.1, 0.15) is 7.11 Å². The fourth-order valence-corrected chi connectivity index (χ4v) is 1.35. The number of fused-ring (bicyclic) bond motifs is 1. The zero-order valence-corrected chi connectivity index (χ0v) is 7.98. The van der Waals surface area contributed by atoms with E-state index in [1.54, 1.807) is 6.20 Å². The van der Waals surface area contributed by atoms with Gasteiger partial charge in [-0.2, -0.15) is 4.79 Å². The highest BCUT2D eigenvalue weighted by Gasteiger charge is 2.13. The van der Waals surface area contributed by atoms with Crippen LogP contribution in [0.5, 0.6) is 0 Å². The second kappa shape index (κ2) is 3.14. The summed E-state index contributed by atoms with van der Waals surface area (Å²) < 4.78 is 6.15. The Labute approximate surface area is 80.3 Å². The van der Waals surface area contributed by atoms with E-state index >= 15 is 0 Å². The van der Waals surface area contributed by atoms with Gasteiger partial charge in [-0.05, 0) is 18.6 Å². The van der Waals surface area contributed by atoms with E-state index in [1.807, 2.05) is 25.1 Å². The van der Waals surface area contributed by atoms with E-state index in [-0.39, 0.29) is 0 Å². The Bertz CT molecular complexity index is 530. The van der Waals surface area contributed by atoms with Gasteiger partial charge in [0.25, 0.3) is 0 Å². The molecule has 0 saturated heterocycles. The highest BCUT2D eigenvalue weighted by atomic mass is 16.7. The molecular formula is C10H10NO3+. The van der Waals surface area contributed by atoms with Crippen LogP contribution in [0.2, 0.25) is 0 Å². The molecule has 0 atom stereocenters. The van der Waals surface area contributed by atoms with E-state index in [9.17, 15) is 4.79 Å². The Balaban J connectivity index is 2.86. The van der Waals surface area contributed by atoms with Gasteiger partial charge in [-0.25, -0.2) is 0 Å². The lowest BCUT2D eigenvalue weighted by molar-refractivity contribution is -0.902. The van der Waals surface area contributed by atoms with Gasteiger partial charge in [0, 0.05) is 0 Å². The Hall–Kier alpha value is -1.84. The van der Waals surface area contributed by atoms with Crippen molar-refractivity contribution in [2.75, 3.05) is 7.11 Å². The largest absolute Gasteiger partial charge is 0.651 e. The fourth-order valence-electron chi connectivity index (χ4n) is 1.35. The molecule has 0 amide bonds. The molecule has 2 rings (SSSR count). The highest BCUT2D eigenvalue weighted by Crippen LogP contribution is 2.13. The van der Waals surface area contributed by atoms with Crippen molar-refractivity contribution in [1.29, 1.82) is 0 Å². The average Bonchev–Trinajstić information content (AvgIpc) is 2.19. The van der Waals surface area contributed by atoms with E-state index in [4.69, 9.17) is 9.25 Å². The van der Waals surface area contributed by atoms with Gasteiger partial charge in [-0.1, -0.05) is 12.1 Å². The van der Waals surface area contributed by atoms with Crippen molar-refractivity contribution in [3.8, 4) is 0 Å². The van der Waals surface area contributed by atoms with Crippen molar-refractivity contribution in [3.05, 3.63) is 40.5 Å². The van der Waals surface area contributed by atoms with Crippen LogP contribution in [0.15, 0.2) is 33.6 Å². The normalized spacial score (nSPS) is 10.4. The maximum absolute atomic E-state index is 11.3. The van der Waals surface area contributed by atoms with Gasteiger partial charge in [-0.15, -0.1) is 0 Å². The zero-order chi connectivity index (χ0) is 10.1. The average molecular weight is 192 g/mol. The van der Waals surface area contributed by atoms with E-state index in [0.29, 0.717) is 5.58 Å². The SMILES string of the molecule is CO[n+]1cc2cccc(C)c2oc1=O. The van der Waals surface area contributed by atoms with Crippen LogP contribution in [0.25, 0.3) is 11.0 Å². The van der Waals surface area contributed by atoms with Crippen LogP contribution in [0.1, 0.15) is 5.56 Å². The summed E-state index contributed by atoms with van der Waals surface area (Å²) in [6.45, 7) is 1.89. The molecule has 14 heavy (non-hydrogen) atoms. The van der Waals surface area contributed by atoms with Crippen molar-refractivity contribution in [1.82, 2.24) is 0 Å². The Kier molecular flexibility index (Phi) is 1.96. The summed E-state index contributed by atoms with van der Waals surface area (Å²) >= 11 is 0. The van der Waals surface area contributed by atoms with Crippen molar-refractivity contribution >= 4 is 11.0 Å². The Morgan fingerprint density at radius 1 is 1.43 bits per heavy atom. The highest BCUT2D eigenvalue weighted by molar-refractivity contribution is 5.77. The summed E-state index contributed by atoms with van der Waals surface area (Å²) in [4.78, 5) is 16.1. The molecule has 72 valence electrons. The molecule has 1 aromatic heterocycles. The second-order valence-corrected chi connectivity index (χ2v) is 3.00. The van der Waals surface area contributed by atoms with Gasteiger partial charge >= 0.3 is 5.76 Å². The van der Waals surface area contributed by atoms with Crippen molar-refractivity contribution in [3.63, 3.8) is 0 Å². The van der Waals surface area contributed by atoms with Crippen molar-refractivity contribution in [2.45, 2.75) is 6.92 Å². The lowest BCUT2D eigenvalue weighted by Gasteiger charge is -1.96. The Morgan fingerprint density at radius 2 is 2.21 bits per heavy atom. The van der Waals surface area contributed by atoms with E-state index < -0.39 is 5.76 Å². The van der Waals surface area contributed by atoms with Crippen LogP contribution in [0, 0.1) is 6.92 Å². The summed E-state index contributed by atoms with van der Waals surface area (Å²) in [7, 11) is 1.42. The van der Waals surface area contributed by atoms with Gasteiger partial charge in [-0.3, -0.25) is 4.84 Å². The molecule has 2 aromatic rings. The second-order valence-electron chi connectivity index (χ2n) is 3.00. The number of nitrogens with zero attached hydrogens (tertiary/aromatic N) is 1. The molecule has 4 heteroatoms. The molecule has 0 unspecified atom stereocenters. The number of para-hydroxylation sites is 1. The van der Waals surface area contributed by atoms with Crippen molar-refractivity contribution < 1.29 is 14.0 Å². The molecule has 0 aliphatic carbocycles. The number of aryl methyl sites for hydroxylation is 1. The van der Waals surface area contributed by atoms with Crippen LogP contribution >= 0.6 is 0 Å². The molecule has 0 aliphatic rings. The quantitative estimate of drug-likeness (QED) is 0.616. The van der Waals surface area contributed by atoms with Crippen LogP contribution in [0.4, 0.5) is 0 Å². The van der Waals surface area contributed by atoms with Gasteiger partial charge in [0.05, 0.1) is 10.1 Å². The molecule has 0 spiro atoms. The minimum Gasteiger partial charge on any atom is -0.368 e. The summed E-state index contributed by atoms with van der Waals surface area (Å²) in [5.74, 6) is -0.519. The number of benzene rings is 1. The molecule has 0 aliphatic heterocycles. The first-order valence-corrected chi connectivity index (χ1v) is 4.22. The monoisotopic (exact) mass is 192 g/mol. The number of rotatable bonds is 1. The number of hydrogen-bond acceptors (Lipinski definition) is 3. The third-order valence-corrected chi connectivity index (χ3v) is 2.06. The van der Waals surface area contributed by atoms with Gasteiger partial charge < -0.3 is 4.42 Å². The van der Waals surface area contributed by atoms with E-state index in [2.05, 4.69) is 0 Å². The fraction of sp³-hybridized carbons (Fsp3) is 0.200. The molecule has 1 heterocycles. The Morgan fingerprint density at radius 3 is 2.93 bits per heavy atom. The lowest BCUT2D eigenvalue weighted by Crippen LogP contribution is -2.53. The van der Waals surface area contributed by atoms with Crippen LogP contribution in [-0.2, 0) is 0 Å². The van der Waals surface area contributed by atoms with Crippen LogP contribution in [0.3, 0.4) is 0 Å². The standard InChI is InChI=1S/C10H10NO3/c1-7-4-3-5-8-6-11(13-2)10(12)14-9(7)8/h3-6H,1-2H3/q+1. The zero-order valence-electron chi connectivity index (χ0n) is 7.98. The molecule has 0 saturated carbocycles. The van der Waals surface area contributed by atoms with Crippen LogP contribution in [-0.4, -0.2) is 7.11 Å². The third kappa shape index (κ3) is 1.25. The van der Waals surface area contributed by atoms with E-state index in [1.165, 1.54) is 7.11 Å². The smallest absolute Gasteiger partial charge is 0.368 e. The van der Waals surface area contributed by atoms with Crippen LogP contribution < -0.4 is 15.3 Å². The van der Waals surface area contributed by atoms with E-state index in [0.717, 1.165) is 15.7 Å². The first kappa shape index (κ1) is 8.74. The summed E-state index contributed by atoms with van der Waals surface area (Å²) in [5.41, 5.74) is 1.54. The minimum absolute atomic E-state index is 0.519. The van der Waals surface area contributed by atoms with Gasteiger partial charge in [0.15, 0.2) is 5.58 Å². The molecular weight excluding hydrogens is 182 g/mol. The predicted octanol–water partition coefficient (Wildman–Crippen LogP) is 0.447. The van der Waals surface area contributed by atoms with Crippen molar-refractivity contribution in [2.24, 2.45) is 0 Å². The first-order chi connectivity index (χ1) is 6.72. The summed E-state index contributed by atoms with van der Waals surface area (Å²) in [5, 5.41) is 0.839. The van der Waals surface area contributed by atoms with Gasteiger partial charge in [0.2, 0.25) is 6.20 Å². The number of hydrogen-bond donors (Lipinski definition) is 0.